The number of carbonyl (C=O) groups is 1. The Hall–Kier alpha value is -1.20. The zero-order valence-electron chi connectivity index (χ0n) is 9.51. The molecule has 2 unspecified atom stereocenters. The van der Waals surface area contributed by atoms with Crippen LogP contribution in [0, 0.1) is 0 Å². The van der Waals surface area contributed by atoms with Crippen LogP contribution >= 0.6 is 11.3 Å². The van der Waals surface area contributed by atoms with Gasteiger partial charge in [0, 0.05) is 23.6 Å². The SMILES string of the molecule is COC(=O)C1=C(c2nccs2)CC2CCC1O2. The van der Waals surface area contributed by atoms with Gasteiger partial charge in [0.2, 0.25) is 0 Å². The number of aromatic nitrogens is 1. The number of esters is 1. The quantitative estimate of drug-likeness (QED) is 0.754. The van der Waals surface area contributed by atoms with Gasteiger partial charge in [-0.1, -0.05) is 0 Å². The lowest BCUT2D eigenvalue weighted by molar-refractivity contribution is -0.137. The monoisotopic (exact) mass is 251 g/mol. The average molecular weight is 251 g/mol. The van der Waals surface area contributed by atoms with Crippen molar-refractivity contribution in [2.75, 3.05) is 7.11 Å². The number of hydrogen-bond donors (Lipinski definition) is 0. The van der Waals surface area contributed by atoms with Gasteiger partial charge >= 0.3 is 5.97 Å². The van der Waals surface area contributed by atoms with E-state index in [1.165, 1.54) is 7.11 Å². The lowest BCUT2D eigenvalue weighted by Gasteiger charge is -2.24. The van der Waals surface area contributed by atoms with Crippen LogP contribution in [-0.4, -0.2) is 30.3 Å². The molecular formula is C12H13NO3S. The van der Waals surface area contributed by atoms with Crippen LogP contribution in [0.3, 0.4) is 0 Å². The average Bonchev–Trinajstić information content (AvgIpc) is 2.98. The molecule has 2 atom stereocenters. The summed E-state index contributed by atoms with van der Waals surface area (Å²) in [5.74, 6) is -0.277. The van der Waals surface area contributed by atoms with Gasteiger partial charge in [0.15, 0.2) is 0 Å². The lowest BCUT2D eigenvalue weighted by atomic mass is 9.99. The number of nitrogens with zero attached hydrogens (tertiary/aromatic N) is 1. The van der Waals surface area contributed by atoms with Crippen LogP contribution in [0.4, 0.5) is 0 Å². The highest BCUT2D eigenvalue weighted by atomic mass is 32.1. The van der Waals surface area contributed by atoms with E-state index in [-0.39, 0.29) is 18.2 Å². The first-order valence-corrected chi connectivity index (χ1v) is 6.54. The smallest absolute Gasteiger partial charge is 0.336 e. The summed E-state index contributed by atoms with van der Waals surface area (Å²) < 4.78 is 10.6. The Kier molecular flexibility index (Phi) is 2.72. The molecule has 0 amide bonds. The van der Waals surface area contributed by atoms with Crippen molar-refractivity contribution in [3.05, 3.63) is 22.2 Å². The summed E-state index contributed by atoms with van der Waals surface area (Å²) in [4.78, 5) is 16.2. The Morgan fingerprint density at radius 2 is 2.47 bits per heavy atom. The molecule has 0 N–H and O–H groups in total. The van der Waals surface area contributed by atoms with Gasteiger partial charge in [0.05, 0.1) is 24.9 Å². The van der Waals surface area contributed by atoms with Gasteiger partial charge < -0.3 is 9.47 Å². The zero-order chi connectivity index (χ0) is 11.8. The molecule has 17 heavy (non-hydrogen) atoms. The number of hydrogen-bond acceptors (Lipinski definition) is 5. The minimum absolute atomic E-state index is 0.0971. The molecule has 5 heteroatoms. The van der Waals surface area contributed by atoms with Crippen LogP contribution in [0.5, 0.6) is 0 Å². The van der Waals surface area contributed by atoms with E-state index >= 15 is 0 Å². The number of methoxy groups -OCH3 is 1. The lowest BCUT2D eigenvalue weighted by Crippen LogP contribution is -2.26. The molecule has 2 bridgehead atoms. The molecule has 1 aromatic rings. The Bertz CT molecular complexity index is 466. The predicted octanol–water partition coefficient (Wildman–Crippen LogP) is 2.02. The molecule has 0 spiro atoms. The van der Waals surface area contributed by atoms with Gasteiger partial charge in [-0.05, 0) is 12.8 Å². The summed E-state index contributed by atoms with van der Waals surface area (Å²) in [6.45, 7) is 0. The number of fused-ring (bicyclic) bond motifs is 2. The molecule has 4 nitrogen and oxygen atoms in total. The van der Waals surface area contributed by atoms with E-state index in [1.807, 2.05) is 5.38 Å². The van der Waals surface area contributed by atoms with Crippen molar-refractivity contribution in [1.82, 2.24) is 4.98 Å². The topological polar surface area (TPSA) is 48.4 Å². The maximum absolute atomic E-state index is 11.9. The molecule has 0 radical (unpaired) electrons. The molecule has 0 aromatic carbocycles. The Morgan fingerprint density at radius 3 is 3.18 bits per heavy atom. The van der Waals surface area contributed by atoms with E-state index in [2.05, 4.69) is 4.98 Å². The van der Waals surface area contributed by atoms with Crippen LogP contribution in [0.25, 0.3) is 5.57 Å². The number of rotatable bonds is 2. The standard InChI is InChI=1S/C12H13NO3S/c1-15-12(14)10-8(11-13-4-5-17-11)6-7-2-3-9(10)16-7/h4-5,7,9H,2-3,6H2,1H3. The summed E-state index contributed by atoms with van der Waals surface area (Å²) in [7, 11) is 1.41. The molecule has 1 saturated heterocycles. The number of thiazole rings is 1. The molecule has 1 aromatic heterocycles. The Labute approximate surface area is 103 Å². The van der Waals surface area contributed by atoms with Gasteiger partial charge in [0.1, 0.15) is 5.01 Å². The summed E-state index contributed by atoms with van der Waals surface area (Å²) in [6, 6.07) is 0. The molecule has 90 valence electrons. The summed E-state index contributed by atoms with van der Waals surface area (Å²) in [5, 5.41) is 2.85. The predicted molar refractivity (Wildman–Crippen MR) is 63.6 cm³/mol. The molecule has 1 fully saturated rings. The van der Waals surface area contributed by atoms with Crippen molar-refractivity contribution < 1.29 is 14.3 Å². The first-order valence-electron chi connectivity index (χ1n) is 5.66. The fourth-order valence-electron chi connectivity index (χ4n) is 2.54. The third-order valence-corrected chi connectivity index (χ3v) is 4.12. The summed E-state index contributed by atoms with van der Waals surface area (Å²) in [6.07, 6.45) is 4.60. The molecule has 3 heterocycles. The normalized spacial score (nSPS) is 27.4. The molecule has 0 saturated carbocycles. The highest BCUT2D eigenvalue weighted by Gasteiger charge is 2.40. The molecule has 2 aliphatic heterocycles. The minimum atomic E-state index is -0.277. The van der Waals surface area contributed by atoms with Crippen LogP contribution in [-0.2, 0) is 14.3 Å². The molecule has 2 aliphatic rings. The number of carbonyl (C=O) groups excluding carboxylic acids is 1. The maximum atomic E-state index is 11.9. The third-order valence-electron chi connectivity index (χ3n) is 3.28. The van der Waals surface area contributed by atoms with Gasteiger partial charge in [0.25, 0.3) is 0 Å². The van der Waals surface area contributed by atoms with E-state index < -0.39 is 0 Å². The van der Waals surface area contributed by atoms with E-state index in [0.717, 1.165) is 29.8 Å². The van der Waals surface area contributed by atoms with Crippen molar-refractivity contribution in [2.45, 2.75) is 31.5 Å². The summed E-state index contributed by atoms with van der Waals surface area (Å²) >= 11 is 1.56. The van der Waals surface area contributed by atoms with Gasteiger partial charge in [-0.2, -0.15) is 0 Å². The van der Waals surface area contributed by atoms with Crippen LogP contribution < -0.4 is 0 Å². The zero-order valence-corrected chi connectivity index (χ0v) is 10.3. The van der Waals surface area contributed by atoms with Gasteiger partial charge in [-0.3, -0.25) is 0 Å². The van der Waals surface area contributed by atoms with E-state index in [0.29, 0.717) is 5.57 Å². The van der Waals surface area contributed by atoms with Crippen LogP contribution in [0.15, 0.2) is 17.2 Å². The maximum Gasteiger partial charge on any atom is 0.336 e. The Balaban J connectivity index is 2.08. The van der Waals surface area contributed by atoms with Crippen LogP contribution in [0.1, 0.15) is 24.3 Å². The van der Waals surface area contributed by atoms with E-state index in [9.17, 15) is 4.79 Å². The van der Waals surface area contributed by atoms with E-state index in [1.54, 1.807) is 17.5 Å². The number of ether oxygens (including phenoxy) is 2. The van der Waals surface area contributed by atoms with Crippen molar-refractivity contribution in [3.63, 3.8) is 0 Å². The second-order valence-corrected chi connectivity index (χ2v) is 5.14. The molecule has 3 rings (SSSR count). The summed E-state index contributed by atoms with van der Waals surface area (Å²) in [5.41, 5.74) is 1.70. The minimum Gasteiger partial charge on any atom is -0.466 e. The van der Waals surface area contributed by atoms with E-state index in [4.69, 9.17) is 9.47 Å². The second-order valence-electron chi connectivity index (χ2n) is 4.25. The highest BCUT2D eigenvalue weighted by Crippen LogP contribution is 2.41. The van der Waals surface area contributed by atoms with Crippen LogP contribution in [0.2, 0.25) is 0 Å². The van der Waals surface area contributed by atoms with Gasteiger partial charge in [-0.15, -0.1) is 11.3 Å². The first-order chi connectivity index (χ1) is 8.29. The highest BCUT2D eigenvalue weighted by molar-refractivity contribution is 7.10. The second kappa shape index (κ2) is 4.23. The largest absolute Gasteiger partial charge is 0.466 e. The molecule has 0 aliphatic carbocycles. The Morgan fingerprint density at radius 1 is 1.59 bits per heavy atom. The van der Waals surface area contributed by atoms with Crippen molar-refractivity contribution in [2.24, 2.45) is 0 Å². The fourth-order valence-corrected chi connectivity index (χ4v) is 3.25. The van der Waals surface area contributed by atoms with Gasteiger partial charge in [-0.25, -0.2) is 9.78 Å². The fraction of sp³-hybridized carbons (Fsp3) is 0.500. The first kappa shape index (κ1) is 10.9. The van der Waals surface area contributed by atoms with Crippen molar-refractivity contribution >= 4 is 22.9 Å². The third kappa shape index (κ3) is 1.79. The molecular weight excluding hydrogens is 238 g/mol. The van der Waals surface area contributed by atoms with Crippen molar-refractivity contribution in [3.8, 4) is 0 Å². The van der Waals surface area contributed by atoms with Crippen molar-refractivity contribution in [1.29, 1.82) is 0 Å².